The summed E-state index contributed by atoms with van der Waals surface area (Å²) in [4.78, 5) is 0.381. The maximum atomic E-state index is 12.9. The Morgan fingerprint density at radius 2 is 1.62 bits per heavy atom. The fraction of sp³-hybridized carbons (Fsp3) is 0.500. The van der Waals surface area contributed by atoms with Gasteiger partial charge in [-0.15, -0.1) is 0 Å². The molecule has 5 rings (SSSR count). The standard InChI is InChI=1S/C22H28N4O2S/c27-29(28,25-13-5-2-6-14-25)19-11-9-18(10-12-19)26-16-20(17-7-3-1-4-8-17)22-21(26)15-23-24-22/h9-12,15-17H,1-8,13-14H2,(H,23,24). The summed E-state index contributed by atoms with van der Waals surface area (Å²) in [5, 5.41) is 7.45. The van der Waals surface area contributed by atoms with Crippen LogP contribution >= 0.6 is 0 Å². The van der Waals surface area contributed by atoms with Crippen molar-refractivity contribution in [3.05, 3.63) is 42.2 Å². The van der Waals surface area contributed by atoms with E-state index in [4.69, 9.17) is 0 Å². The Labute approximate surface area is 172 Å². The Morgan fingerprint density at radius 3 is 2.34 bits per heavy atom. The number of nitrogens with zero attached hydrogens (tertiary/aromatic N) is 3. The van der Waals surface area contributed by atoms with Gasteiger partial charge in [0.05, 0.1) is 22.1 Å². The van der Waals surface area contributed by atoms with E-state index in [2.05, 4.69) is 21.0 Å². The second kappa shape index (κ2) is 7.61. The average Bonchev–Trinajstić information content (AvgIpc) is 3.38. The smallest absolute Gasteiger partial charge is 0.243 e. The van der Waals surface area contributed by atoms with Crippen molar-refractivity contribution < 1.29 is 8.42 Å². The van der Waals surface area contributed by atoms with Gasteiger partial charge < -0.3 is 4.57 Å². The third-order valence-electron chi connectivity index (χ3n) is 6.55. The molecule has 0 radical (unpaired) electrons. The summed E-state index contributed by atoms with van der Waals surface area (Å²) in [5.74, 6) is 0.576. The molecule has 0 atom stereocenters. The number of benzene rings is 1. The number of aromatic nitrogens is 3. The lowest BCUT2D eigenvalue weighted by molar-refractivity contribution is 0.346. The quantitative estimate of drug-likeness (QED) is 0.682. The minimum Gasteiger partial charge on any atom is -0.313 e. The van der Waals surface area contributed by atoms with Crippen LogP contribution in [-0.4, -0.2) is 40.6 Å². The predicted molar refractivity (Wildman–Crippen MR) is 114 cm³/mol. The molecule has 1 aliphatic heterocycles. The van der Waals surface area contributed by atoms with E-state index in [1.165, 1.54) is 37.7 Å². The molecule has 154 valence electrons. The Morgan fingerprint density at radius 1 is 0.931 bits per heavy atom. The van der Waals surface area contributed by atoms with E-state index in [1.54, 1.807) is 16.4 Å². The molecular formula is C22H28N4O2S. The van der Waals surface area contributed by atoms with E-state index >= 15 is 0 Å². The fourth-order valence-electron chi connectivity index (χ4n) is 4.92. The zero-order chi connectivity index (χ0) is 19.8. The fourth-order valence-corrected chi connectivity index (χ4v) is 6.43. The van der Waals surface area contributed by atoms with Gasteiger partial charge in [0.25, 0.3) is 0 Å². The Kier molecular flexibility index (Phi) is 4.95. The van der Waals surface area contributed by atoms with Crippen molar-refractivity contribution in [3.63, 3.8) is 0 Å². The third-order valence-corrected chi connectivity index (χ3v) is 8.46. The number of H-pyrrole nitrogens is 1. The molecule has 2 aromatic heterocycles. The zero-order valence-electron chi connectivity index (χ0n) is 16.7. The van der Waals surface area contributed by atoms with Crippen LogP contribution in [0.15, 0.2) is 41.6 Å². The van der Waals surface area contributed by atoms with E-state index in [1.807, 2.05) is 18.3 Å². The highest BCUT2D eigenvalue weighted by Crippen LogP contribution is 2.37. The van der Waals surface area contributed by atoms with Crippen molar-refractivity contribution in [1.82, 2.24) is 19.1 Å². The normalized spacial score (nSPS) is 19.7. The number of nitrogens with one attached hydrogen (secondary N) is 1. The molecule has 2 aliphatic rings. The van der Waals surface area contributed by atoms with E-state index in [0.717, 1.165) is 36.0 Å². The molecule has 0 amide bonds. The van der Waals surface area contributed by atoms with Crippen LogP contribution in [0.5, 0.6) is 0 Å². The second-order valence-electron chi connectivity index (χ2n) is 8.38. The van der Waals surface area contributed by atoms with Gasteiger partial charge in [-0.2, -0.15) is 9.40 Å². The molecule has 1 saturated carbocycles. The van der Waals surface area contributed by atoms with Gasteiger partial charge in [0.1, 0.15) is 0 Å². The number of aromatic amines is 1. The van der Waals surface area contributed by atoms with E-state index in [-0.39, 0.29) is 0 Å². The number of sulfonamides is 1. The Hall–Kier alpha value is -2.12. The summed E-state index contributed by atoms with van der Waals surface area (Å²) in [6.07, 6.45) is 13.4. The van der Waals surface area contributed by atoms with Crippen LogP contribution in [0.4, 0.5) is 0 Å². The van der Waals surface area contributed by atoms with Crippen LogP contribution in [0, 0.1) is 0 Å². The maximum Gasteiger partial charge on any atom is 0.243 e. The van der Waals surface area contributed by atoms with Crippen molar-refractivity contribution in [2.24, 2.45) is 0 Å². The molecule has 0 bridgehead atoms. The number of hydrogen-bond donors (Lipinski definition) is 1. The van der Waals surface area contributed by atoms with Gasteiger partial charge in [-0.3, -0.25) is 5.10 Å². The van der Waals surface area contributed by atoms with Crippen LogP contribution in [0.25, 0.3) is 16.7 Å². The number of piperidine rings is 1. The van der Waals surface area contributed by atoms with Gasteiger partial charge in [0, 0.05) is 25.0 Å². The molecule has 1 aromatic carbocycles. The maximum absolute atomic E-state index is 12.9. The van der Waals surface area contributed by atoms with Gasteiger partial charge in [-0.1, -0.05) is 25.7 Å². The molecule has 1 aliphatic carbocycles. The summed E-state index contributed by atoms with van der Waals surface area (Å²) in [7, 11) is -3.40. The summed E-state index contributed by atoms with van der Waals surface area (Å²) in [5.41, 5.74) is 4.47. The molecule has 0 spiro atoms. The average molecular weight is 413 g/mol. The largest absolute Gasteiger partial charge is 0.313 e. The SMILES string of the molecule is O=S(=O)(c1ccc(-n2cc(C3CCCCC3)c3[nH]ncc32)cc1)N1CCCCC1. The van der Waals surface area contributed by atoms with Gasteiger partial charge in [-0.05, 0) is 61.4 Å². The highest BCUT2D eigenvalue weighted by atomic mass is 32.2. The monoisotopic (exact) mass is 412 g/mol. The molecular weight excluding hydrogens is 384 g/mol. The lowest BCUT2D eigenvalue weighted by atomic mass is 9.85. The van der Waals surface area contributed by atoms with Gasteiger partial charge >= 0.3 is 0 Å². The van der Waals surface area contributed by atoms with Crippen molar-refractivity contribution >= 4 is 21.1 Å². The lowest BCUT2D eigenvalue weighted by Crippen LogP contribution is -2.35. The first-order valence-electron chi connectivity index (χ1n) is 10.8. The van der Waals surface area contributed by atoms with Crippen LogP contribution < -0.4 is 0 Å². The number of rotatable bonds is 4. The first-order valence-corrected chi connectivity index (χ1v) is 12.2. The topological polar surface area (TPSA) is 71.0 Å². The van der Waals surface area contributed by atoms with Crippen molar-refractivity contribution in [2.45, 2.75) is 62.2 Å². The number of hydrogen-bond acceptors (Lipinski definition) is 3. The highest BCUT2D eigenvalue weighted by molar-refractivity contribution is 7.89. The van der Waals surface area contributed by atoms with Crippen molar-refractivity contribution in [2.75, 3.05) is 13.1 Å². The molecule has 29 heavy (non-hydrogen) atoms. The van der Waals surface area contributed by atoms with Crippen LogP contribution in [-0.2, 0) is 10.0 Å². The Balaban J connectivity index is 1.47. The highest BCUT2D eigenvalue weighted by Gasteiger charge is 2.26. The molecule has 0 unspecified atom stereocenters. The van der Waals surface area contributed by atoms with Crippen molar-refractivity contribution in [3.8, 4) is 5.69 Å². The summed E-state index contributed by atoms with van der Waals surface area (Å²) < 4.78 is 29.6. The van der Waals surface area contributed by atoms with Crippen molar-refractivity contribution in [1.29, 1.82) is 0 Å². The van der Waals surface area contributed by atoms with Gasteiger partial charge in [0.15, 0.2) is 0 Å². The molecule has 6 nitrogen and oxygen atoms in total. The van der Waals surface area contributed by atoms with Crippen LogP contribution in [0.3, 0.4) is 0 Å². The van der Waals surface area contributed by atoms with E-state index in [9.17, 15) is 8.42 Å². The van der Waals surface area contributed by atoms with Gasteiger partial charge in [-0.25, -0.2) is 8.42 Å². The van der Waals surface area contributed by atoms with Gasteiger partial charge in [0.2, 0.25) is 10.0 Å². The first-order chi connectivity index (χ1) is 14.1. The minimum absolute atomic E-state index is 0.381. The summed E-state index contributed by atoms with van der Waals surface area (Å²) >= 11 is 0. The summed E-state index contributed by atoms with van der Waals surface area (Å²) in [6, 6.07) is 7.30. The van der Waals surface area contributed by atoms with Crippen LogP contribution in [0.1, 0.15) is 62.8 Å². The third kappa shape index (κ3) is 3.40. The first kappa shape index (κ1) is 18.9. The van der Waals surface area contributed by atoms with E-state index < -0.39 is 10.0 Å². The van der Waals surface area contributed by atoms with Crippen LogP contribution in [0.2, 0.25) is 0 Å². The molecule has 1 saturated heterocycles. The molecule has 2 fully saturated rings. The second-order valence-corrected chi connectivity index (χ2v) is 10.3. The van der Waals surface area contributed by atoms with E-state index in [0.29, 0.717) is 23.9 Å². The molecule has 3 heterocycles. The minimum atomic E-state index is -3.40. The number of fused-ring (bicyclic) bond motifs is 1. The predicted octanol–water partition coefficient (Wildman–Crippen LogP) is 4.58. The zero-order valence-corrected chi connectivity index (χ0v) is 17.5. The lowest BCUT2D eigenvalue weighted by Gasteiger charge is -2.25. The molecule has 1 N–H and O–H groups in total. The molecule has 7 heteroatoms. The summed E-state index contributed by atoms with van der Waals surface area (Å²) in [6.45, 7) is 1.25. The molecule has 3 aromatic rings. The Bertz CT molecular complexity index is 1090.